The lowest BCUT2D eigenvalue weighted by molar-refractivity contribution is -0.119. The fourth-order valence-electron chi connectivity index (χ4n) is 1.64. The first-order valence-corrected chi connectivity index (χ1v) is 4.84. The smallest absolute Gasteiger partial charge is 0.222 e. The molecule has 1 fully saturated rings. The zero-order valence-electron chi connectivity index (χ0n) is 8.39. The number of rotatable bonds is 2. The number of carbonyl (C=O) groups is 1. The number of hydrogen-bond acceptors (Lipinski definition) is 3. The summed E-state index contributed by atoms with van der Waals surface area (Å²) < 4.78 is 26.7. The van der Waals surface area contributed by atoms with E-state index in [0.717, 1.165) is 12.1 Å². The molecule has 4 N–H and O–H groups in total. The molecule has 0 radical (unpaired) electrons. The number of amides is 1. The van der Waals surface area contributed by atoms with Gasteiger partial charge in [0.2, 0.25) is 5.91 Å². The maximum absolute atomic E-state index is 13.4. The Kier molecular flexibility index (Phi) is 2.64. The zero-order chi connectivity index (χ0) is 11.7. The van der Waals surface area contributed by atoms with Crippen LogP contribution in [-0.4, -0.2) is 18.5 Å². The van der Waals surface area contributed by atoms with Crippen molar-refractivity contribution in [3.63, 3.8) is 0 Å². The van der Waals surface area contributed by atoms with Crippen LogP contribution >= 0.6 is 0 Å². The standard InChI is InChI=1S/C10H11F2N3O/c11-7-1-5(13)2-8(12)10(7)15-6-3-9(16)14-4-6/h1-2,6,15H,3-4,13H2,(H,14,16). The summed E-state index contributed by atoms with van der Waals surface area (Å²) in [6, 6.07) is 1.78. The molecule has 1 heterocycles. The average Bonchev–Trinajstić information content (AvgIpc) is 2.58. The van der Waals surface area contributed by atoms with Crippen molar-refractivity contribution in [3.05, 3.63) is 23.8 Å². The molecule has 0 spiro atoms. The van der Waals surface area contributed by atoms with Gasteiger partial charge in [-0.3, -0.25) is 4.79 Å². The predicted molar refractivity (Wildman–Crippen MR) is 55.8 cm³/mol. The second-order valence-electron chi connectivity index (χ2n) is 3.71. The van der Waals surface area contributed by atoms with Gasteiger partial charge >= 0.3 is 0 Å². The quantitative estimate of drug-likeness (QED) is 0.656. The van der Waals surface area contributed by atoms with Crippen LogP contribution in [-0.2, 0) is 4.79 Å². The summed E-state index contributed by atoms with van der Waals surface area (Å²) in [5, 5.41) is 5.22. The highest BCUT2D eigenvalue weighted by atomic mass is 19.1. The van der Waals surface area contributed by atoms with Crippen molar-refractivity contribution in [1.82, 2.24) is 5.32 Å². The molecule has 6 heteroatoms. The second kappa shape index (κ2) is 3.96. The molecule has 1 aliphatic rings. The maximum atomic E-state index is 13.4. The third-order valence-corrected chi connectivity index (χ3v) is 2.39. The monoisotopic (exact) mass is 227 g/mol. The molecule has 1 atom stereocenters. The van der Waals surface area contributed by atoms with Gasteiger partial charge in [-0.15, -0.1) is 0 Å². The summed E-state index contributed by atoms with van der Waals surface area (Å²) in [6.45, 7) is 0.363. The molecule has 4 nitrogen and oxygen atoms in total. The summed E-state index contributed by atoms with van der Waals surface area (Å²) in [5.41, 5.74) is 5.07. The summed E-state index contributed by atoms with van der Waals surface area (Å²) in [4.78, 5) is 10.9. The molecule has 86 valence electrons. The first-order chi connectivity index (χ1) is 7.56. The largest absolute Gasteiger partial charge is 0.399 e. The lowest BCUT2D eigenvalue weighted by Crippen LogP contribution is -2.23. The van der Waals surface area contributed by atoms with Crippen LogP contribution in [0.3, 0.4) is 0 Å². The molecule has 1 aromatic rings. The topological polar surface area (TPSA) is 67.2 Å². The molecule has 0 bridgehead atoms. The van der Waals surface area contributed by atoms with Crippen molar-refractivity contribution in [3.8, 4) is 0 Å². The Labute approximate surface area is 90.8 Å². The van der Waals surface area contributed by atoms with E-state index in [-0.39, 0.29) is 29.7 Å². The fraction of sp³-hybridized carbons (Fsp3) is 0.300. The van der Waals surface area contributed by atoms with Gasteiger partial charge in [-0.2, -0.15) is 0 Å². The van der Waals surface area contributed by atoms with Crippen LogP contribution in [0.1, 0.15) is 6.42 Å². The lowest BCUT2D eigenvalue weighted by atomic mass is 10.2. The van der Waals surface area contributed by atoms with Crippen molar-refractivity contribution in [1.29, 1.82) is 0 Å². The van der Waals surface area contributed by atoms with Gasteiger partial charge < -0.3 is 16.4 Å². The van der Waals surface area contributed by atoms with Crippen LogP contribution in [0.15, 0.2) is 12.1 Å². The summed E-state index contributed by atoms with van der Waals surface area (Å²) in [5.74, 6) is -1.64. The Morgan fingerprint density at radius 2 is 2.00 bits per heavy atom. The fourth-order valence-corrected chi connectivity index (χ4v) is 1.64. The molecule has 0 aliphatic carbocycles. The number of anilines is 2. The van der Waals surface area contributed by atoms with Crippen LogP contribution in [0, 0.1) is 11.6 Å². The Morgan fingerprint density at radius 1 is 1.38 bits per heavy atom. The van der Waals surface area contributed by atoms with Crippen molar-refractivity contribution in [2.45, 2.75) is 12.5 Å². The Balaban J connectivity index is 2.18. The van der Waals surface area contributed by atoms with Crippen molar-refractivity contribution in [2.24, 2.45) is 0 Å². The van der Waals surface area contributed by atoms with Crippen LogP contribution in [0.5, 0.6) is 0 Å². The number of hydrogen-bond donors (Lipinski definition) is 3. The van der Waals surface area contributed by atoms with Gasteiger partial charge in [-0.25, -0.2) is 8.78 Å². The minimum absolute atomic E-state index is 0.0289. The van der Waals surface area contributed by atoms with Crippen LogP contribution in [0.4, 0.5) is 20.2 Å². The highest BCUT2D eigenvalue weighted by Crippen LogP contribution is 2.23. The van der Waals surface area contributed by atoms with Gasteiger partial charge in [0.1, 0.15) is 5.69 Å². The maximum Gasteiger partial charge on any atom is 0.222 e. The van der Waals surface area contributed by atoms with Gasteiger partial charge in [0.15, 0.2) is 11.6 Å². The zero-order valence-corrected chi connectivity index (χ0v) is 8.39. The van der Waals surface area contributed by atoms with Crippen molar-refractivity contribution >= 4 is 17.3 Å². The van der Waals surface area contributed by atoms with E-state index >= 15 is 0 Å². The predicted octanol–water partition coefficient (Wildman–Crippen LogP) is 0.847. The molecular formula is C10H11F2N3O. The Morgan fingerprint density at radius 3 is 2.50 bits per heavy atom. The number of benzene rings is 1. The number of carbonyl (C=O) groups excluding carboxylic acids is 1. The molecular weight excluding hydrogens is 216 g/mol. The molecule has 1 aromatic carbocycles. The molecule has 0 saturated carbocycles. The van der Waals surface area contributed by atoms with Crippen LogP contribution < -0.4 is 16.4 Å². The second-order valence-corrected chi connectivity index (χ2v) is 3.71. The lowest BCUT2D eigenvalue weighted by Gasteiger charge is -2.13. The normalized spacial score (nSPS) is 19.6. The van der Waals surface area contributed by atoms with Crippen LogP contribution in [0.25, 0.3) is 0 Å². The van der Waals surface area contributed by atoms with E-state index in [1.54, 1.807) is 0 Å². The van der Waals surface area contributed by atoms with Gasteiger partial charge in [0, 0.05) is 18.7 Å². The first kappa shape index (κ1) is 10.7. The summed E-state index contributed by atoms with van der Waals surface area (Å²) >= 11 is 0. The minimum Gasteiger partial charge on any atom is -0.399 e. The highest BCUT2D eigenvalue weighted by molar-refractivity contribution is 5.79. The number of halogens is 2. The SMILES string of the molecule is Nc1cc(F)c(NC2CNC(=O)C2)c(F)c1. The molecule has 1 aliphatic heterocycles. The van der Waals surface area contributed by atoms with Gasteiger partial charge in [0.25, 0.3) is 0 Å². The molecule has 1 amide bonds. The number of nitrogens with two attached hydrogens (primary N) is 1. The minimum atomic E-state index is -0.753. The third-order valence-electron chi connectivity index (χ3n) is 2.39. The van der Waals surface area contributed by atoms with E-state index in [4.69, 9.17) is 5.73 Å². The van der Waals surface area contributed by atoms with Gasteiger partial charge in [-0.1, -0.05) is 0 Å². The average molecular weight is 227 g/mol. The Hall–Kier alpha value is -1.85. The first-order valence-electron chi connectivity index (χ1n) is 4.84. The summed E-state index contributed by atoms with van der Waals surface area (Å²) in [7, 11) is 0. The summed E-state index contributed by atoms with van der Waals surface area (Å²) in [6.07, 6.45) is 0.212. The molecule has 1 unspecified atom stereocenters. The van der Waals surface area contributed by atoms with Crippen molar-refractivity contribution in [2.75, 3.05) is 17.6 Å². The Bertz CT molecular complexity index is 413. The highest BCUT2D eigenvalue weighted by Gasteiger charge is 2.23. The van der Waals surface area contributed by atoms with E-state index in [1.807, 2.05) is 0 Å². The molecule has 2 rings (SSSR count). The van der Waals surface area contributed by atoms with Gasteiger partial charge in [-0.05, 0) is 12.1 Å². The number of nitrogen functional groups attached to an aromatic ring is 1. The molecule has 1 saturated heterocycles. The van der Waals surface area contributed by atoms with E-state index in [0.29, 0.717) is 6.54 Å². The van der Waals surface area contributed by atoms with E-state index in [9.17, 15) is 13.6 Å². The molecule has 16 heavy (non-hydrogen) atoms. The van der Waals surface area contributed by atoms with E-state index in [2.05, 4.69) is 10.6 Å². The van der Waals surface area contributed by atoms with Gasteiger partial charge in [0.05, 0.1) is 6.04 Å². The van der Waals surface area contributed by atoms with E-state index in [1.165, 1.54) is 0 Å². The van der Waals surface area contributed by atoms with Crippen molar-refractivity contribution < 1.29 is 13.6 Å². The molecule has 0 aromatic heterocycles. The number of nitrogens with one attached hydrogen (secondary N) is 2. The third kappa shape index (κ3) is 2.05. The van der Waals surface area contributed by atoms with Crippen LogP contribution in [0.2, 0.25) is 0 Å². The van der Waals surface area contributed by atoms with E-state index < -0.39 is 11.6 Å².